The Kier molecular flexibility index (Phi) is 2.91. The highest BCUT2D eigenvalue weighted by molar-refractivity contribution is 5.91. The average molecular weight is 283 g/mol. The monoisotopic (exact) mass is 283 g/mol. The lowest BCUT2D eigenvalue weighted by Gasteiger charge is -2.28. The summed E-state index contributed by atoms with van der Waals surface area (Å²) in [5.74, 6) is 1.41. The molecular weight excluding hydrogens is 262 g/mol. The number of para-hydroxylation sites is 1. The molecule has 0 spiro atoms. The van der Waals surface area contributed by atoms with E-state index in [0.717, 1.165) is 36.5 Å². The topological polar surface area (TPSA) is 41.3 Å². The molecule has 2 aliphatic rings. The minimum Gasteiger partial charge on any atom is -0.512 e. The number of allylic oxidation sites excluding steroid dienone is 2. The van der Waals surface area contributed by atoms with Gasteiger partial charge in [-0.3, -0.25) is 0 Å². The number of aryl methyl sites for hydroxylation is 1. The zero-order valence-corrected chi connectivity index (χ0v) is 12.5. The van der Waals surface area contributed by atoms with E-state index in [9.17, 15) is 5.11 Å². The van der Waals surface area contributed by atoms with Crippen LogP contribution in [-0.2, 0) is 6.54 Å². The second-order valence-corrected chi connectivity index (χ2v) is 6.10. The molecule has 4 nitrogen and oxygen atoms in total. The van der Waals surface area contributed by atoms with Gasteiger partial charge in [-0.15, -0.1) is 0 Å². The summed E-state index contributed by atoms with van der Waals surface area (Å²) in [4.78, 5) is 7.33. The van der Waals surface area contributed by atoms with Crippen LogP contribution in [0.2, 0.25) is 0 Å². The third-order valence-corrected chi connectivity index (χ3v) is 4.79. The fraction of sp³-hybridized carbons (Fsp3) is 0.471. The summed E-state index contributed by atoms with van der Waals surface area (Å²) in [5, 5.41) is 9.98. The van der Waals surface area contributed by atoms with Gasteiger partial charge in [0, 0.05) is 31.6 Å². The van der Waals surface area contributed by atoms with Gasteiger partial charge in [-0.25, -0.2) is 4.98 Å². The van der Waals surface area contributed by atoms with E-state index in [-0.39, 0.29) is 0 Å². The lowest BCUT2D eigenvalue weighted by molar-refractivity contribution is 0.373. The van der Waals surface area contributed by atoms with Crippen LogP contribution in [-0.4, -0.2) is 27.7 Å². The molecule has 0 aliphatic carbocycles. The molecule has 0 saturated carbocycles. The molecule has 3 heterocycles. The van der Waals surface area contributed by atoms with Gasteiger partial charge in [-0.2, -0.15) is 0 Å². The van der Waals surface area contributed by atoms with Gasteiger partial charge >= 0.3 is 0 Å². The molecule has 0 atom stereocenters. The van der Waals surface area contributed by atoms with Crippen molar-refractivity contribution in [2.45, 2.75) is 39.2 Å². The minimum absolute atomic E-state index is 0.484. The third kappa shape index (κ3) is 1.93. The first-order chi connectivity index (χ1) is 10.3. The van der Waals surface area contributed by atoms with E-state index in [4.69, 9.17) is 4.98 Å². The second-order valence-electron chi connectivity index (χ2n) is 6.10. The van der Waals surface area contributed by atoms with Crippen molar-refractivity contribution >= 4 is 22.3 Å². The van der Waals surface area contributed by atoms with Crippen molar-refractivity contribution in [2.75, 3.05) is 18.0 Å². The zero-order valence-electron chi connectivity index (χ0n) is 12.5. The molecule has 1 aromatic carbocycles. The summed E-state index contributed by atoms with van der Waals surface area (Å²) in [5.41, 5.74) is 4.45. The number of fused-ring (bicyclic) bond motifs is 3. The van der Waals surface area contributed by atoms with E-state index < -0.39 is 0 Å². The first kappa shape index (κ1) is 12.7. The summed E-state index contributed by atoms with van der Waals surface area (Å²) >= 11 is 0. The molecule has 0 bridgehead atoms. The van der Waals surface area contributed by atoms with Crippen LogP contribution in [0.15, 0.2) is 24.0 Å². The van der Waals surface area contributed by atoms with Gasteiger partial charge in [0.25, 0.3) is 0 Å². The highest BCUT2D eigenvalue weighted by Crippen LogP contribution is 2.34. The predicted molar refractivity (Wildman–Crippen MR) is 85.6 cm³/mol. The molecule has 1 fully saturated rings. The van der Waals surface area contributed by atoms with Gasteiger partial charge in [-0.1, -0.05) is 6.07 Å². The molecule has 1 aromatic heterocycles. The number of imidazole rings is 1. The number of hydrogen-bond donors (Lipinski definition) is 1. The highest BCUT2D eigenvalue weighted by atomic mass is 16.3. The number of nitrogens with zero attached hydrogens (tertiary/aromatic N) is 3. The zero-order chi connectivity index (χ0) is 14.4. The first-order valence-electron chi connectivity index (χ1n) is 7.89. The Balaban J connectivity index is 1.89. The molecule has 0 amide bonds. The Morgan fingerprint density at radius 3 is 2.71 bits per heavy atom. The molecule has 2 aliphatic heterocycles. The molecule has 0 unspecified atom stereocenters. The molecule has 1 saturated heterocycles. The van der Waals surface area contributed by atoms with E-state index in [2.05, 4.69) is 27.7 Å². The maximum Gasteiger partial charge on any atom is 0.140 e. The maximum atomic E-state index is 9.98. The fourth-order valence-electron chi connectivity index (χ4n) is 3.57. The van der Waals surface area contributed by atoms with Gasteiger partial charge in [0.1, 0.15) is 17.1 Å². The molecule has 110 valence electrons. The number of benzene rings is 1. The normalized spacial score (nSPS) is 19.2. The van der Waals surface area contributed by atoms with Crippen LogP contribution in [0.1, 0.15) is 38.4 Å². The summed E-state index contributed by atoms with van der Waals surface area (Å²) in [7, 11) is 0. The lowest BCUT2D eigenvalue weighted by Crippen LogP contribution is -2.29. The van der Waals surface area contributed by atoms with Crippen LogP contribution in [0.3, 0.4) is 0 Å². The highest BCUT2D eigenvalue weighted by Gasteiger charge is 2.22. The number of piperidine rings is 1. The molecule has 2 aromatic rings. The molecule has 0 radical (unpaired) electrons. The Morgan fingerprint density at radius 2 is 1.90 bits per heavy atom. The van der Waals surface area contributed by atoms with Crippen molar-refractivity contribution in [3.63, 3.8) is 0 Å². The average Bonchev–Trinajstić information content (AvgIpc) is 2.91. The fourth-order valence-corrected chi connectivity index (χ4v) is 3.57. The summed E-state index contributed by atoms with van der Waals surface area (Å²) < 4.78 is 2.25. The van der Waals surface area contributed by atoms with Crippen molar-refractivity contribution < 1.29 is 5.11 Å². The molecular formula is C17H21N3O. The Morgan fingerprint density at radius 1 is 1.10 bits per heavy atom. The summed E-state index contributed by atoms with van der Waals surface area (Å²) in [6, 6.07) is 6.47. The number of anilines is 1. The van der Waals surface area contributed by atoms with Gasteiger partial charge in [0.2, 0.25) is 0 Å². The Labute approximate surface area is 124 Å². The van der Waals surface area contributed by atoms with E-state index in [0.29, 0.717) is 12.2 Å². The van der Waals surface area contributed by atoms with E-state index in [1.807, 2.05) is 6.92 Å². The van der Waals surface area contributed by atoms with E-state index >= 15 is 0 Å². The van der Waals surface area contributed by atoms with Crippen molar-refractivity contribution in [1.29, 1.82) is 0 Å². The van der Waals surface area contributed by atoms with Crippen LogP contribution in [0.5, 0.6) is 0 Å². The van der Waals surface area contributed by atoms with Gasteiger partial charge < -0.3 is 14.6 Å². The molecule has 21 heavy (non-hydrogen) atoms. The second kappa shape index (κ2) is 4.79. The maximum absolute atomic E-state index is 9.98. The van der Waals surface area contributed by atoms with Gasteiger partial charge in [0.05, 0.1) is 11.2 Å². The van der Waals surface area contributed by atoms with Crippen LogP contribution in [0.4, 0.5) is 5.69 Å². The minimum atomic E-state index is 0.484. The Bertz CT molecular complexity index is 723. The number of aromatic nitrogens is 2. The molecule has 4 heteroatoms. The van der Waals surface area contributed by atoms with Crippen molar-refractivity contribution in [1.82, 2.24) is 9.55 Å². The molecule has 1 N–H and O–H groups in total. The van der Waals surface area contributed by atoms with Crippen LogP contribution in [0, 0.1) is 0 Å². The van der Waals surface area contributed by atoms with Crippen molar-refractivity contribution in [3.05, 3.63) is 29.8 Å². The van der Waals surface area contributed by atoms with Crippen LogP contribution in [0.25, 0.3) is 16.6 Å². The number of hydrogen-bond acceptors (Lipinski definition) is 3. The predicted octanol–water partition coefficient (Wildman–Crippen LogP) is 3.72. The number of rotatable bonds is 1. The summed E-state index contributed by atoms with van der Waals surface area (Å²) in [6.45, 7) is 5.04. The van der Waals surface area contributed by atoms with Crippen molar-refractivity contribution in [3.8, 4) is 0 Å². The smallest absolute Gasteiger partial charge is 0.140 e. The lowest BCUT2D eigenvalue weighted by atomic mass is 10.1. The van der Waals surface area contributed by atoms with Crippen molar-refractivity contribution in [2.24, 2.45) is 0 Å². The Hall–Kier alpha value is -1.97. The largest absolute Gasteiger partial charge is 0.512 e. The van der Waals surface area contributed by atoms with E-state index in [1.54, 1.807) is 0 Å². The third-order valence-electron chi connectivity index (χ3n) is 4.79. The standard InChI is InChI=1S/C17H21N3O/c1-12-15(21)8-11-20-14-7-5-6-13(16(14)18-17(12)20)19-9-3-2-4-10-19/h5-7,21H,2-4,8-11H2,1H3. The van der Waals surface area contributed by atoms with Crippen LogP contribution >= 0.6 is 0 Å². The van der Waals surface area contributed by atoms with Gasteiger partial charge in [0.15, 0.2) is 0 Å². The number of aliphatic hydroxyl groups is 1. The molecule has 4 rings (SSSR count). The summed E-state index contributed by atoms with van der Waals surface area (Å²) in [6.07, 6.45) is 4.58. The van der Waals surface area contributed by atoms with E-state index in [1.165, 1.54) is 30.5 Å². The van der Waals surface area contributed by atoms with Crippen LogP contribution < -0.4 is 4.90 Å². The van der Waals surface area contributed by atoms with Gasteiger partial charge in [-0.05, 0) is 38.3 Å². The first-order valence-corrected chi connectivity index (χ1v) is 7.89. The quantitative estimate of drug-likeness (QED) is 0.867. The SMILES string of the molecule is CC1=C(O)CCn2c1nc1c(N3CCCCC3)cccc12. The number of aliphatic hydroxyl groups excluding tert-OH is 1.